The van der Waals surface area contributed by atoms with Crippen LogP contribution in [0.15, 0.2) is 18.2 Å². The molecule has 1 aromatic carbocycles. The van der Waals surface area contributed by atoms with Gasteiger partial charge in [0.25, 0.3) is 0 Å². The summed E-state index contributed by atoms with van der Waals surface area (Å²) in [6, 6.07) is 4.01. The lowest BCUT2D eigenvalue weighted by Crippen LogP contribution is -2.16. The summed E-state index contributed by atoms with van der Waals surface area (Å²) in [5.41, 5.74) is 8.82. The predicted octanol–water partition coefficient (Wildman–Crippen LogP) is 3.80. The second kappa shape index (κ2) is 9.21. The summed E-state index contributed by atoms with van der Waals surface area (Å²) in [5.74, 6) is -1.09. The Kier molecular flexibility index (Phi) is 6.35. The van der Waals surface area contributed by atoms with E-state index in [1.54, 1.807) is 24.6 Å². The number of nitrogens with two attached hydrogens (primary N) is 1. The molecule has 176 valence electrons. The Labute approximate surface area is 190 Å². The number of carbonyl (C=O) groups is 1. The molecule has 2 N–H and O–H groups in total. The second-order valence-corrected chi connectivity index (χ2v) is 8.01. The van der Waals surface area contributed by atoms with E-state index in [9.17, 15) is 13.6 Å². The monoisotopic (exact) mass is 459 g/mol. The third kappa shape index (κ3) is 4.69. The van der Waals surface area contributed by atoms with Crippen LogP contribution in [0, 0.1) is 18.6 Å². The van der Waals surface area contributed by atoms with E-state index in [4.69, 9.17) is 15.2 Å². The van der Waals surface area contributed by atoms with Crippen molar-refractivity contribution in [2.45, 2.75) is 52.6 Å². The van der Waals surface area contributed by atoms with Crippen LogP contribution in [-0.2, 0) is 22.6 Å². The molecule has 0 amide bonds. The third-order valence-corrected chi connectivity index (χ3v) is 5.57. The lowest BCUT2D eigenvalue weighted by atomic mass is 10.1. The first-order valence-corrected chi connectivity index (χ1v) is 11.0. The highest BCUT2D eigenvalue weighted by Gasteiger charge is 2.32. The maximum absolute atomic E-state index is 14.7. The minimum atomic E-state index is -0.683. The van der Waals surface area contributed by atoms with Crippen LogP contribution in [0.1, 0.15) is 49.4 Å². The molecular formula is C23H27F2N5O3. The fraction of sp³-hybridized carbons (Fsp3) is 0.435. The molecule has 1 aliphatic carbocycles. The zero-order valence-corrected chi connectivity index (χ0v) is 18.9. The maximum atomic E-state index is 14.7. The fourth-order valence-corrected chi connectivity index (χ4v) is 3.94. The normalized spacial score (nSPS) is 13.4. The van der Waals surface area contributed by atoms with E-state index < -0.39 is 17.6 Å². The molecule has 0 radical (unpaired) electrons. The molecule has 0 unspecified atom stereocenters. The van der Waals surface area contributed by atoms with Crippen molar-refractivity contribution < 1.29 is 23.0 Å². The van der Waals surface area contributed by atoms with Crippen LogP contribution in [0.3, 0.4) is 0 Å². The molecule has 8 nitrogen and oxygen atoms in total. The van der Waals surface area contributed by atoms with Gasteiger partial charge in [0.05, 0.1) is 19.8 Å². The number of carbonyl (C=O) groups excluding carboxylic acids is 1. The maximum Gasteiger partial charge on any atom is 0.327 e. The van der Waals surface area contributed by atoms with Gasteiger partial charge in [-0.2, -0.15) is 10.2 Å². The smallest absolute Gasteiger partial charge is 0.327 e. The molecule has 1 aliphatic rings. The lowest BCUT2D eigenvalue weighted by molar-refractivity contribution is -0.143. The van der Waals surface area contributed by atoms with Gasteiger partial charge in [0.2, 0.25) is 0 Å². The molecule has 0 spiro atoms. The van der Waals surface area contributed by atoms with Gasteiger partial charge < -0.3 is 15.2 Å². The Morgan fingerprint density at radius 3 is 2.42 bits per heavy atom. The molecule has 2 aromatic heterocycles. The van der Waals surface area contributed by atoms with Gasteiger partial charge >= 0.3 is 5.97 Å². The van der Waals surface area contributed by atoms with Crippen LogP contribution in [0.2, 0.25) is 0 Å². The predicted molar refractivity (Wildman–Crippen MR) is 118 cm³/mol. The van der Waals surface area contributed by atoms with Crippen molar-refractivity contribution >= 4 is 11.8 Å². The van der Waals surface area contributed by atoms with E-state index >= 15 is 0 Å². The molecule has 2 heterocycles. The average Bonchev–Trinajstić information content (AvgIpc) is 3.44. The molecule has 0 atom stereocenters. The molecule has 10 heteroatoms. The molecule has 1 fully saturated rings. The van der Waals surface area contributed by atoms with E-state index in [0.717, 1.165) is 24.1 Å². The van der Waals surface area contributed by atoms with Crippen LogP contribution in [0.25, 0.3) is 11.4 Å². The molecule has 0 aliphatic heterocycles. The summed E-state index contributed by atoms with van der Waals surface area (Å²) in [7, 11) is 0. The highest BCUT2D eigenvalue weighted by atomic mass is 19.1. The Morgan fingerprint density at radius 2 is 1.82 bits per heavy atom. The number of nitrogen functional groups attached to an aromatic ring is 1. The van der Waals surface area contributed by atoms with E-state index in [1.165, 1.54) is 16.8 Å². The highest BCUT2D eigenvalue weighted by Crippen LogP contribution is 2.44. The zero-order valence-electron chi connectivity index (χ0n) is 18.9. The van der Waals surface area contributed by atoms with Crippen molar-refractivity contribution in [3.8, 4) is 17.1 Å². The quantitative estimate of drug-likeness (QED) is 0.489. The number of ether oxygens (including phenoxy) is 2. The van der Waals surface area contributed by atoms with Gasteiger partial charge in [-0.1, -0.05) is 0 Å². The average molecular weight is 459 g/mol. The first-order chi connectivity index (χ1) is 15.8. The number of esters is 1. The van der Waals surface area contributed by atoms with E-state index in [2.05, 4.69) is 10.2 Å². The largest absolute Gasteiger partial charge is 0.494 e. The van der Waals surface area contributed by atoms with Gasteiger partial charge in [-0.25, -0.2) is 13.5 Å². The first kappa shape index (κ1) is 22.8. The van der Waals surface area contributed by atoms with Gasteiger partial charge in [0, 0.05) is 40.9 Å². The van der Waals surface area contributed by atoms with Crippen molar-refractivity contribution in [3.05, 3.63) is 46.7 Å². The van der Waals surface area contributed by atoms with Crippen molar-refractivity contribution in [2.75, 3.05) is 18.9 Å². The lowest BCUT2D eigenvalue weighted by Gasteiger charge is -2.11. The summed E-state index contributed by atoms with van der Waals surface area (Å²) in [6.45, 7) is 5.80. The third-order valence-electron chi connectivity index (χ3n) is 5.57. The van der Waals surface area contributed by atoms with Crippen molar-refractivity contribution in [1.29, 1.82) is 0 Å². The Balaban J connectivity index is 1.68. The van der Waals surface area contributed by atoms with Gasteiger partial charge in [0.1, 0.15) is 41.1 Å². The number of halogens is 2. The topological polar surface area (TPSA) is 97.2 Å². The Bertz CT molecular complexity index is 1160. The van der Waals surface area contributed by atoms with Crippen LogP contribution in [0.5, 0.6) is 5.75 Å². The SMILES string of the molecule is CCOC(=O)Cn1nc(-c2nn(Cc3c(F)cc(OCC)cc3F)c(C3CC3)c2C)cc1N. The second-order valence-electron chi connectivity index (χ2n) is 8.01. The number of nitrogens with zero attached hydrogens (tertiary/aromatic N) is 4. The number of hydrogen-bond acceptors (Lipinski definition) is 6. The number of rotatable bonds is 9. The highest BCUT2D eigenvalue weighted by molar-refractivity contribution is 5.70. The summed E-state index contributed by atoms with van der Waals surface area (Å²) in [4.78, 5) is 11.8. The molecule has 4 rings (SSSR count). The summed E-state index contributed by atoms with van der Waals surface area (Å²) >= 11 is 0. The Morgan fingerprint density at radius 1 is 1.12 bits per heavy atom. The number of aromatic nitrogens is 4. The zero-order chi connectivity index (χ0) is 23.7. The van der Waals surface area contributed by atoms with Gasteiger partial charge in [-0.15, -0.1) is 0 Å². The van der Waals surface area contributed by atoms with Crippen molar-refractivity contribution in [1.82, 2.24) is 19.6 Å². The minimum Gasteiger partial charge on any atom is -0.494 e. The number of anilines is 1. The molecular weight excluding hydrogens is 432 g/mol. The summed E-state index contributed by atoms with van der Waals surface area (Å²) in [5, 5.41) is 9.07. The minimum absolute atomic E-state index is 0.0598. The molecule has 3 aromatic rings. The number of hydrogen-bond donors (Lipinski definition) is 1. The van der Waals surface area contributed by atoms with E-state index in [-0.39, 0.29) is 36.9 Å². The van der Waals surface area contributed by atoms with Gasteiger partial charge in [-0.3, -0.25) is 9.48 Å². The summed E-state index contributed by atoms with van der Waals surface area (Å²) in [6.07, 6.45) is 1.97. The van der Waals surface area contributed by atoms with Crippen LogP contribution in [-0.4, -0.2) is 38.7 Å². The van der Waals surface area contributed by atoms with Crippen molar-refractivity contribution in [2.24, 2.45) is 0 Å². The Hall–Kier alpha value is -3.43. The molecule has 0 bridgehead atoms. The van der Waals surface area contributed by atoms with Crippen molar-refractivity contribution in [3.63, 3.8) is 0 Å². The van der Waals surface area contributed by atoms with Crippen LogP contribution >= 0.6 is 0 Å². The molecule has 1 saturated carbocycles. The fourth-order valence-electron chi connectivity index (χ4n) is 3.94. The standard InChI is InChI=1S/C23H27F2N5O3/c1-4-32-15-8-17(24)16(18(25)9-15)11-30-23(14-6-7-14)13(3)22(28-30)19-10-20(26)29(27-19)12-21(31)33-5-2/h8-10,14H,4-7,11-12,26H2,1-3H3. The van der Waals surface area contributed by atoms with E-state index in [0.29, 0.717) is 23.8 Å². The first-order valence-electron chi connectivity index (χ1n) is 11.0. The molecule has 0 saturated heterocycles. The van der Waals surface area contributed by atoms with Gasteiger partial charge in [0.15, 0.2) is 0 Å². The van der Waals surface area contributed by atoms with Crippen LogP contribution in [0.4, 0.5) is 14.6 Å². The van der Waals surface area contributed by atoms with Crippen LogP contribution < -0.4 is 10.5 Å². The summed E-state index contributed by atoms with van der Waals surface area (Å²) < 4.78 is 42.6. The van der Waals surface area contributed by atoms with Gasteiger partial charge in [-0.05, 0) is 33.6 Å². The molecule has 33 heavy (non-hydrogen) atoms. The number of benzene rings is 1. The van der Waals surface area contributed by atoms with E-state index in [1.807, 2.05) is 6.92 Å².